The van der Waals surface area contributed by atoms with E-state index >= 15 is 0 Å². The van der Waals surface area contributed by atoms with Crippen LogP contribution >= 0.6 is 0 Å². The maximum absolute atomic E-state index is 11.7. The van der Waals surface area contributed by atoms with Crippen LogP contribution in [-0.2, 0) is 11.2 Å². The van der Waals surface area contributed by atoms with Gasteiger partial charge in [0.2, 0.25) is 0 Å². The van der Waals surface area contributed by atoms with Crippen molar-refractivity contribution in [2.24, 2.45) is 0 Å². The zero-order valence-electron chi connectivity index (χ0n) is 11.2. The Kier molecular flexibility index (Phi) is 3.78. The molecule has 2 aromatic carbocycles. The van der Waals surface area contributed by atoms with E-state index in [0.717, 1.165) is 6.42 Å². The highest BCUT2D eigenvalue weighted by atomic mass is 16.1. The summed E-state index contributed by atoms with van der Waals surface area (Å²) < 4.78 is 0. The second kappa shape index (κ2) is 5.32. The Hall–Kier alpha value is -1.67. The minimum absolute atomic E-state index is 0.0455. The molecule has 0 aliphatic heterocycles. The quantitative estimate of drug-likeness (QED) is 0.820. The highest BCUT2D eigenvalue weighted by Gasteiger charge is 2.17. The largest absolute Gasteiger partial charge is 0.299 e. The van der Waals surface area contributed by atoms with Gasteiger partial charge >= 0.3 is 0 Å². The maximum atomic E-state index is 11.7. The van der Waals surface area contributed by atoms with E-state index in [1.807, 2.05) is 31.1 Å². The molecule has 0 fully saturated rings. The normalized spacial score (nSPS) is 12.9. The summed E-state index contributed by atoms with van der Waals surface area (Å²) in [6, 6.07) is 14.6. The van der Waals surface area contributed by atoms with Gasteiger partial charge in [-0.05, 0) is 43.8 Å². The zero-order valence-corrected chi connectivity index (χ0v) is 11.2. The molecule has 0 aliphatic rings. The van der Waals surface area contributed by atoms with Gasteiger partial charge in [0.15, 0.2) is 0 Å². The summed E-state index contributed by atoms with van der Waals surface area (Å²) in [6.07, 6.45) is 0.768. The molecule has 0 aliphatic carbocycles. The van der Waals surface area contributed by atoms with Gasteiger partial charge in [-0.2, -0.15) is 0 Å². The summed E-state index contributed by atoms with van der Waals surface area (Å²) >= 11 is 0. The van der Waals surface area contributed by atoms with Crippen molar-refractivity contribution in [1.29, 1.82) is 0 Å². The van der Waals surface area contributed by atoms with Crippen LogP contribution in [0.2, 0.25) is 0 Å². The van der Waals surface area contributed by atoms with Crippen LogP contribution in [0.1, 0.15) is 12.5 Å². The average molecular weight is 241 g/mol. The fraction of sp³-hybridized carbons (Fsp3) is 0.312. The summed E-state index contributed by atoms with van der Waals surface area (Å²) in [5.74, 6) is 0.216. The molecule has 0 bridgehead atoms. The van der Waals surface area contributed by atoms with Crippen LogP contribution in [0, 0.1) is 0 Å². The smallest absolute Gasteiger partial charge is 0.147 e. The Bertz CT molecular complexity index is 555. The van der Waals surface area contributed by atoms with Crippen LogP contribution < -0.4 is 0 Å². The summed E-state index contributed by atoms with van der Waals surface area (Å²) in [5, 5.41) is 2.48. The number of hydrogen-bond acceptors (Lipinski definition) is 2. The van der Waals surface area contributed by atoms with E-state index in [4.69, 9.17) is 0 Å². The van der Waals surface area contributed by atoms with Crippen molar-refractivity contribution in [2.75, 3.05) is 14.1 Å². The predicted octanol–water partition coefficient (Wildman–Crippen LogP) is 2.90. The molecule has 0 radical (unpaired) electrons. The summed E-state index contributed by atoms with van der Waals surface area (Å²) in [5.41, 5.74) is 1.24. The summed E-state index contributed by atoms with van der Waals surface area (Å²) in [4.78, 5) is 13.7. The monoisotopic (exact) mass is 241 g/mol. The molecule has 0 N–H and O–H groups in total. The van der Waals surface area contributed by atoms with Gasteiger partial charge in [-0.3, -0.25) is 9.69 Å². The van der Waals surface area contributed by atoms with Crippen LogP contribution in [0.25, 0.3) is 10.8 Å². The number of fused-ring (bicyclic) bond motifs is 1. The number of Topliss-reactive ketones (excluding diaryl/α,β-unsaturated/α-hetero) is 1. The van der Waals surface area contributed by atoms with Crippen molar-refractivity contribution in [3.63, 3.8) is 0 Å². The molecule has 0 amide bonds. The van der Waals surface area contributed by atoms with Crippen LogP contribution in [0.4, 0.5) is 0 Å². The average Bonchev–Trinajstić information content (AvgIpc) is 2.35. The highest BCUT2D eigenvalue weighted by Crippen LogP contribution is 2.20. The van der Waals surface area contributed by atoms with Crippen molar-refractivity contribution in [2.45, 2.75) is 19.4 Å². The minimum atomic E-state index is -0.0455. The topological polar surface area (TPSA) is 20.3 Å². The molecule has 18 heavy (non-hydrogen) atoms. The first-order valence-electron chi connectivity index (χ1n) is 6.23. The Morgan fingerprint density at radius 2 is 1.78 bits per heavy atom. The van der Waals surface area contributed by atoms with Crippen LogP contribution in [0.3, 0.4) is 0 Å². The van der Waals surface area contributed by atoms with Gasteiger partial charge in [-0.25, -0.2) is 0 Å². The van der Waals surface area contributed by atoms with E-state index in [1.165, 1.54) is 16.3 Å². The van der Waals surface area contributed by atoms with E-state index in [1.54, 1.807) is 6.92 Å². The van der Waals surface area contributed by atoms with Gasteiger partial charge < -0.3 is 0 Å². The Morgan fingerprint density at radius 3 is 2.44 bits per heavy atom. The lowest BCUT2D eigenvalue weighted by Gasteiger charge is -2.22. The second-order valence-corrected chi connectivity index (χ2v) is 4.93. The van der Waals surface area contributed by atoms with Gasteiger partial charge in [-0.15, -0.1) is 0 Å². The van der Waals surface area contributed by atoms with Gasteiger partial charge in [0.05, 0.1) is 6.04 Å². The number of carbonyl (C=O) groups is 1. The molecular formula is C16H19NO. The molecule has 1 atom stereocenters. The van der Waals surface area contributed by atoms with Gasteiger partial charge in [0.1, 0.15) is 5.78 Å². The van der Waals surface area contributed by atoms with E-state index < -0.39 is 0 Å². The molecule has 0 spiro atoms. The first kappa shape index (κ1) is 12.8. The lowest BCUT2D eigenvalue weighted by molar-refractivity contribution is -0.121. The van der Waals surface area contributed by atoms with Crippen molar-refractivity contribution < 1.29 is 4.79 Å². The predicted molar refractivity (Wildman–Crippen MR) is 75.8 cm³/mol. The fourth-order valence-electron chi connectivity index (χ4n) is 2.37. The van der Waals surface area contributed by atoms with E-state index in [2.05, 4.69) is 30.3 Å². The molecule has 0 saturated heterocycles. The molecule has 0 aromatic heterocycles. The van der Waals surface area contributed by atoms with Crippen molar-refractivity contribution in [3.05, 3.63) is 48.0 Å². The molecule has 0 heterocycles. The SMILES string of the molecule is CC(=O)[C@H](Cc1cccc2ccccc12)N(C)C. The molecule has 2 aromatic rings. The molecule has 0 unspecified atom stereocenters. The summed E-state index contributed by atoms with van der Waals surface area (Å²) in [6.45, 7) is 1.66. The molecule has 2 rings (SSSR count). The van der Waals surface area contributed by atoms with Crippen molar-refractivity contribution in [3.8, 4) is 0 Å². The highest BCUT2D eigenvalue weighted by molar-refractivity contribution is 5.87. The van der Waals surface area contributed by atoms with E-state index in [0.29, 0.717) is 0 Å². The first-order valence-corrected chi connectivity index (χ1v) is 6.23. The standard InChI is InChI=1S/C16H19NO/c1-12(18)16(17(2)3)11-14-9-6-8-13-7-4-5-10-15(13)14/h4-10,16H,11H2,1-3H3/t16-/m0/s1. The van der Waals surface area contributed by atoms with Gasteiger partial charge in [0, 0.05) is 0 Å². The van der Waals surface area contributed by atoms with Crippen molar-refractivity contribution in [1.82, 2.24) is 4.90 Å². The lowest BCUT2D eigenvalue weighted by Crippen LogP contribution is -2.36. The van der Waals surface area contributed by atoms with Crippen molar-refractivity contribution >= 4 is 16.6 Å². The molecular weight excluding hydrogens is 222 g/mol. The Balaban J connectivity index is 2.39. The Labute approximate surface area is 108 Å². The number of nitrogens with zero attached hydrogens (tertiary/aromatic N) is 1. The summed E-state index contributed by atoms with van der Waals surface area (Å²) in [7, 11) is 3.91. The zero-order chi connectivity index (χ0) is 13.1. The number of ketones is 1. The number of benzene rings is 2. The first-order chi connectivity index (χ1) is 8.59. The lowest BCUT2D eigenvalue weighted by atomic mass is 9.97. The van der Waals surface area contributed by atoms with Gasteiger partial charge in [0.25, 0.3) is 0 Å². The third-order valence-corrected chi connectivity index (χ3v) is 3.39. The second-order valence-electron chi connectivity index (χ2n) is 4.93. The third kappa shape index (κ3) is 2.59. The number of rotatable bonds is 4. The van der Waals surface area contributed by atoms with Gasteiger partial charge in [-0.1, -0.05) is 42.5 Å². The number of carbonyl (C=O) groups excluding carboxylic acids is 1. The Morgan fingerprint density at radius 1 is 1.11 bits per heavy atom. The fourth-order valence-corrected chi connectivity index (χ4v) is 2.37. The van der Waals surface area contributed by atoms with E-state index in [9.17, 15) is 4.79 Å². The molecule has 2 nitrogen and oxygen atoms in total. The molecule has 0 saturated carbocycles. The minimum Gasteiger partial charge on any atom is -0.299 e. The van der Waals surface area contributed by atoms with Crippen LogP contribution in [-0.4, -0.2) is 30.8 Å². The maximum Gasteiger partial charge on any atom is 0.147 e. The molecule has 2 heteroatoms. The number of hydrogen-bond donors (Lipinski definition) is 0. The van der Waals surface area contributed by atoms with Crippen LogP contribution in [0.5, 0.6) is 0 Å². The third-order valence-electron chi connectivity index (χ3n) is 3.39. The number of likely N-dealkylation sites (N-methyl/N-ethyl adjacent to an activating group) is 1. The molecule has 94 valence electrons. The van der Waals surface area contributed by atoms with Crippen LogP contribution in [0.15, 0.2) is 42.5 Å². The van der Waals surface area contributed by atoms with E-state index in [-0.39, 0.29) is 11.8 Å².